The second kappa shape index (κ2) is 4.61. The summed E-state index contributed by atoms with van der Waals surface area (Å²) in [4.78, 5) is 11.3. The van der Waals surface area contributed by atoms with Crippen LogP contribution in [0.15, 0.2) is 4.42 Å². The summed E-state index contributed by atoms with van der Waals surface area (Å²) in [6, 6.07) is 0. The third-order valence-corrected chi connectivity index (χ3v) is 2.58. The van der Waals surface area contributed by atoms with Crippen molar-refractivity contribution in [3.63, 3.8) is 0 Å². The number of rotatable bonds is 3. The van der Waals surface area contributed by atoms with E-state index in [0.717, 1.165) is 6.42 Å². The van der Waals surface area contributed by atoms with Crippen LogP contribution >= 0.6 is 0 Å². The Morgan fingerprint density at radius 2 is 2.38 bits per heavy atom. The first-order chi connectivity index (χ1) is 7.72. The lowest BCUT2D eigenvalue weighted by Gasteiger charge is -2.07. The number of nitrogens with zero attached hydrogens (tertiary/aromatic N) is 2. The minimum absolute atomic E-state index is 0.0514. The molecule has 0 aliphatic carbocycles. The smallest absolute Gasteiger partial charge is 0.396 e. The monoisotopic (exact) mass is 226 g/mol. The number of carbonyl (C=O) groups excluding carboxylic acids is 1. The van der Waals surface area contributed by atoms with Crippen molar-refractivity contribution in [2.45, 2.75) is 32.3 Å². The maximum absolute atomic E-state index is 11.3. The summed E-state index contributed by atoms with van der Waals surface area (Å²) in [5, 5.41) is 7.52. The molecule has 2 unspecified atom stereocenters. The Labute approximate surface area is 92.9 Å². The van der Waals surface area contributed by atoms with Crippen molar-refractivity contribution in [1.29, 1.82) is 0 Å². The number of esters is 1. The van der Waals surface area contributed by atoms with Gasteiger partial charge in [-0.1, -0.05) is 0 Å². The van der Waals surface area contributed by atoms with Gasteiger partial charge in [0.05, 0.1) is 18.6 Å². The largest absolute Gasteiger partial charge is 0.459 e. The van der Waals surface area contributed by atoms with Gasteiger partial charge in [-0.2, -0.15) is 0 Å². The van der Waals surface area contributed by atoms with Crippen LogP contribution in [0.5, 0.6) is 0 Å². The highest BCUT2D eigenvalue weighted by Gasteiger charge is 2.31. The van der Waals surface area contributed by atoms with E-state index in [-0.39, 0.29) is 17.9 Å². The van der Waals surface area contributed by atoms with Crippen LogP contribution in [0.1, 0.15) is 42.8 Å². The Kier molecular flexibility index (Phi) is 3.19. The lowest BCUT2D eigenvalue weighted by molar-refractivity contribution is 0.0476. The van der Waals surface area contributed by atoms with Crippen LogP contribution in [0.25, 0.3) is 0 Å². The summed E-state index contributed by atoms with van der Waals surface area (Å²) in [6.45, 7) is 4.65. The lowest BCUT2D eigenvalue weighted by Crippen LogP contribution is -2.09. The predicted molar refractivity (Wildman–Crippen MR) is 53.0 cm³/mol. The molecule has 16 heavy (non-hydrogen) atoms. The zero-order chi connectivity index (χ0) is 11.5. The van der Waals surface area contributed by atoms with Gasteiger partial charge < -0.3 is 13.9 Å². The highest BCUT2D eigenvalue weighted by atomic mass is 16.5. The van der Waals surface area contributed by atoms with Gasteiger partial charge in [-0.25, -0.2) is 4.79 Å². The first-order valence-corrected chi connectivity index (χ1v) is 5.34. The molecule has 0 bridgehead atoms. The zero-order valence-electron chi connectivity index (χ0n) is 9.30. The Morgan fingerprint density at radius 1 is 1.56 bits per heavy atom. The molecule has 1 saturated heterocycles. The van der Waals surface area contributed by atoms with Crippen molar-refractivity contribution in [2.24, 2.45) is 0 Å². The summed E-state index contributed by atoms with van der Waals surface area (Å²) in [6.07, 6.45) is 0.890. The molecule has 2 atom stereocenters. The number of ether oxygens (including phenoxy) is 2. The van der Waals surface area contributed by atoms with Gasteiger partial charge in [0.1, 0.15) is 0 Å². The van der Waals surface area contributed by atoms with Crippen molar-refractivity contribution in [2.75, 3.05) is 13.2 Å². The molecule has 1 fully saturated rings. The molecular formula is C10H14N2O4. The summed E-state index contributed by atoms with van der Waals surface area (Å²) in [7, 11) is 0. The average Bonchev–Trinajstić information content (AvgIpc) is 2.86. The lowest BCUT2D eigenvalue weighted by atomic mass is 10.0. The Hall–Kier alpha value is -1.43. The fourth-order valence-electron chi connectivity index (χ4n) is 1.72. The normalized spacial score (nSPS) is 24.6. The van der Waals surface area contributed by atoms with Crippen molar-refractivity contribution >= 4 is 5.97 Å². The molecule has 1 aliphatic rings. The summed E-state index contributed by atoms with van der Waals surface area (Å²) in [5.41, 5.74) is 0. The zero-order valence-corrected chi connectivity index (χ0v) is 9.30. The van der Waals surface area contributed by atoms with Crippen LogP contribution in [0.4, 0.5) is 0 Å². The highest BCUT2D eigenvalue weighted by molar-refractivity contribution is 5.83. The Morgan fingerprint density at radius 3 is 3.00 bits per heavy atom. The predicted octanol–water partition coefficient (Wildman–Crippen LogP) is 1.14. The molecule has 6 nitrogen and oxygen atoms in total. The van der Waals surface area contributed by atoms with E-state index in [0.29, 0.717) is 19.1 Å². The number of carbonyl (C=O) groups is 1. The molecule has 6 heteroatoms. The van der Waals surface area contributed by atoms with Gasteiger partial charge in [0.2, 0.25) is 5.89 Å². The Bertz CT molecular complexity index is 377. The van der Waals surface area contributed by atoms with E-state index in [9.17, 15) is 4.79 Å². The number of hydrogen-bond donors (Lipinski definition) is 0. The average molecular weight is 226 g/mol. The van der Waals surface area contributed by atoms with Crippen LogP contribution in [0, 0.1) is 0 Å². The maximum atomic E-state index is 11.3. The molecule has 2 rings (SSSR count). The van der Waals surface area contributed by atoms with Crippen molar-refractivity contribution in [3.8, 4) is 0 Å². The molecule has 2 heterocycles. The third-order valence-electron chi connectivity index (χ3n) is 2.58. The van der Waals surface area contributed by atoms with E-state index >= 15 is 0 Å². The molecule has 1 aromatic rings. The van der Waals surface area contributed by atoms with E-state index in [2.05, 4.69) is 10.2 Å². The molecule has 0 spiro atoms. The van der Waals surface area contributed by atoms with Crippen LogP contribution in [-0.4, -0.2) is 35.5 Å². The fourth-order valence-corrected chi connectivity index (χ4v) is 1.72. The van der Waals surface area contributed by atoms with Crippen LogP contribution in [0.3, 0.4) is 0 Å². The third kappa shape index (κ3) is 2.06. The summed E-state index contributed by atoms with van der Waals surface area (Å²) < 4.78 is 15.4. The van der Waals surface area contributed by atoms with Crippen molar-refractivity contribution in [1.82, 2.24) is 10.2 Å². The molecule has 0 N–H and O–H groups in total. The summed E-state index contributed by atoms with van der Waals surface area (Å²) >= 11 is 0. The first-order valence-electron chi connectivity index (χ1n) is 5.34. The second-order valence-electron chi connectivity index (χ2n) is 3.64. The van der Waals surface area contributed by atoms with E-state index in [4.69, 9.17) is 13.9 Å². The maximum Gasteiger partial charge on any atom is 0.396 e. The van der Waals surface area contributed by atoms with Crippen LogP contribution in [0.2, 0.25) is 0 Å². The molecule has 0 amide bonds. The van der Waals surface area contributed by atoms with Gasteiger partial charge in [-0.05, 0) is 20.3 Å². The first kappa shape index (κ1) is 11.1. The number of hydrogen-bond acceptors (Lipinski definition) is 6. The van der Waals surface area contributed by atoms with Gasteiger partial charge in [0.15, 0.2) is 0 Å². The molecule has 0 aromatic carbocycles. The SMILES string of the molecule is CCOC(=O)c1nnc(C2CCOC2C)o1. The minimum Gasteiger partial charge on any atom is -0.459 e. The molecular weight excluding hydrogens is 212 g/mol. The van der Waals surface area contributed by atoms with E-state index < -0.39 is 5.97 Å². The minimum atomic E-state index is -0.576. The fraction of sp³-hybridized carbons (Fsp3) is 0.700. The molecule has 1 aliphatic heterocycles. The molecule has 1 aromatic heterocycles. The van der Waals surface area contributed by atoms with Gasteiger partial charge in [0.25, 0.3) is 0 Å². The molecule has 0 radical (unpaired) electrons. The van der Waals surface area contributed by atoms with Crippen LogP contribution in [-0.2, 0) is 9.47 Å². The van der Waals surface area contributed by atoms with Gasteiger partial charge in [-0.15, -0.1) is 10.2 Å². The van der Waals surface area contributed by atoms with E-state index in [1.54, 1.807) is 6.92 Å². The standard InChI is InChI=1S/C10H14N2O4/c1-3-14-10(13)9-12-11-8(16-9)7-4-5-15-6(7)2/h6-7H,3-5H2,1-2H3. The van der Waals surface area contributed by atoms with Gasteiger partial charge in [-0.3, -0.25) is 0 Å². The molecule has 88 valence electrons. The Balaban J connectivity index is 2.10. The molecule has 0 saturated carbocycles. The number of aromatic nitrogens is 2. The summed E-state index contributed by atoms with van der Waals surface area (Å²) in [5.74, 6) is -0.132. The van der Waals surface area contributed by atoms with E-state index in [1.807, 2.05) is 6.92 Å². The van der Waals surface area contributed by atoms with Gasteiger partial charge in [0, 0.05) is 6.61 Å². The van der Waals surface area contributed by atoms with Crippen molar-refractivity contribution < 1.29 is 18.7 Å². The topological polar surface area (TPSA) is 74.5 Å². The van der Waals surface area contributed by atoms with Crippen molar-refractivity contribution in [3.05, 3.63) is 11.8 Å². The van der Waals surface area contributed by atoms with E-state index in [1.165, 1.54) is 0 Å². The second-order valence-corrected chi connectivity index (χ2v) is 3.64. The van der Waals surface area contributed by atoms with Gasteiger partial charge >= 0.3 is 11.9 Å². The highest BCUT2D eigenvalue weighted by Crippen LogP contribution is 2.29. The van der Waals surface area contributed by atoms with Crippen LogP contribution < -0.4 is 0 Å². The quantitative estimate of drug-likeness (QED) is 0.719.